The van der Waals surface area contributed by atoms with Crippen LogP contribution in [0, 0.1) is 0 Å². The number of nitrogens with zero attached hydrogens (tertiary/aromatic N) is 3. The highest BCUT2D eigenvalue weighted by molar-refractivity contribution is 6.45. The summed E-state index contributed by atoms with van der Waals surface area (Å²) in [5.41, 5.74) is 3.92. The highest BCUT2D eigenvalue weighted by Gasteiger charge is 2.24. The van der Waals surface area contributed by atoms with Crippen molar-refractivity contribution >= 4 is 35.3 Å². The number of hydrogen-bond acceptors (Lipinski definition) is 5. The van der Waals surface area contributed by atoms with E-state index in [9.17, 15) is 9.59 Å². The third-order valence-electron chi connectivity index (χ3n) is 3.26. The number of benzene rings is 2. The van der Waals surface area contributed by atoms with Crippen molar-refractivity contribution in [2.24, 2.45) is 5.10 Å². The number of anilines is 1. The van der Waals surface area contributed by atoms with E-state index in [2.05, 4.69) is 10.5 Å². The number of hydrazone groups is 1. The summed E-state index contributed by atoms with van der Waals surface area (Å²) in [4.78, 5) is 23.7. The summed E-state index contributed by atoms with van der Waals surface area (Å²) in [6.07, 6.45) is 0.607. The predicted molar refractivity (Wildman–Crippen MR) is 88.0 cm³/mol. The molecule has 0 fully saturated rings. The Labute approximate surface area is 137 Å². The van der Waals surface area contributed by atoms with E-state index >= 15 is 0 Å². The maximum atomic E-state index is 12.5. The van der Waals surface area contributed by atoms with Gasteiger partial charge in [-0.3, -0.25) is 15.0 Å². The average molecular weight is 329 g/mol. The number of amides is 1. The number of carbonyl (C=O) groups excluding carboxylic acids is 2. The quantitative estimate of drug-likeness (QED) is 0.691. The van der Waals surface area contributed by atoms with E-state index in [1.807, 2.05) is 6.07 Å². The Morgan fingerprint density at radius 1 is 1.13 bits per heavy atom. The fourth-order valence-corrected chi connectivity index (χ4v) is 2.25. The smallest absolute Gasteiger partial charge is 0.231 e. The monoisotopic (exact) mass is 328 g/mol. The molecule has 1 heterocycles. The maximum Gasteiger partial charge on any atom is 0.231 e. The van der Waals surface area contributed by atoms with Crippen molar-refractivity contribution in [2.45, 2.75) is 0 Å². The maximum absolute atomic E-state index is 12.5. The van der Waals surface area contributed by atoms with Gasteiger partial charge >= 0.3 is 0 Å². The highest BCUT2D eigenvalue weighted by atomic mass is 35.5. The van der Waals surface area contributed by atoms with E-state index in [-0.39, 0.29) is 18.3 Å². The van der Waals surface area contributed by atoms with Gasteiger partial charge in [-0.2, -0.15) is 0 Å². The minimum absolute atomic E-state index is 0.0736. The summed E-state index contributed by atoms with van der Waals surface area (Å²) in [7, 11) is 0. The van der Waals surface area contributed by atoms with E-state index in [0.29, 0.717) is 17.0 Å². The zero-order chi connectivity index (χ0) is 16.2. The van der Waals surface area contributed by atoms with Crippen molar-refractivity contribution in [1.82, 2.24) is 10.4 Å². The second kappa shape index (κ2) is 6.50. The van der Waals surface area contributed by atoms with Gasteiger partial charge in [0.1, 0.15) is 6.67 Å². The molecule has 1 N–H and O–H groups in total. The van der Waals surface area contributed by atoms with Gasteiger partial charge in [0.15, 0.2) is 0 Å². The Hall–Kier alpha value is -2.86. The number of nitrogens with one attached hydrogen (secondary N) is 1. The van der Waals surface area contributed by atoms with Crippen LogP contribution in [0.15, 0.2) is 59.7 Å². The third-order valence-corrected chi connectivity index (χ3v) is 3.51. The summed E-state index contributed by atoms with van der Waals surface area (Å²) in [6.45, 7) is 0.177. The molecule has 1 amide bonds. The third kappa shape index (κ3) is 3.32. The molecule has 2 aromatic rings. The summed E-state index contributed by atoms with van der Waals surface area (Å²) in [5, 5.41) is 7.70. The lowest BCUT2D eigenvalue weighted by atomic mass is 10.1. The number of halogens is 1. The lowest BCUT2D eigenvalue weighted by molar-refractivity contribution is -0.120. The first-order valence-electron chi connectivity index (χ1n) is 6.87. The second-order valence-electron chi connectivity index (χ2n) is 4.85. The molecule has 2 aromatic carbocycles. The van der Waals surface area contributed by atoms with Crippen LogP contribution in [0.2, 0.25) is 5.02 Å². The van der Waals surface area contributed by atoms with Crippen molar-refractivity contribution in [3.63, 3.8) is 0 Å². The standard InChI is InChI=1S/C16H13ClN4O2/c17-13-6-8-14(9-7-13)21-10-20(11-22)18-16(19-21)15(23)12-4-2-1-3-5-12/h1-9,11H,10H2,(H,18,19). The zero-order valence-corrected chi connectivity index (χ0v) is 12.8. The molecule has 0 spiro atoms. The highest BCUT2D eigenvalue weighted by Crippen LogP contribution is 2.20. The Morgan fingerprint density at radius 2 is 1.83 bits per heavy atom. The molecule has 0 saturated carbocycles. The van der Waals surface area contributed by atoms with Crippen molar-refractivity contribution < 1.29 is 9.59 Å². The zero-order valence-electron chi connectivity index (χ0n) is 12.0. The topological polar surface area (TPSA) is 65.0 Å². The SMILES string of the molecule is O=CN1CN(c2ccc(Cl)cc2)N=C(C(=O)c2ccccc2)N1. The fraction of sp³-hybridized carbons (Fsp3) is 0.0625. The summed E-state index contributed by atoms with van der Waals surface area (Å²) in [5.74, 6) is -0.222. The lowest BCUT2D eigenvalue weighted by Crippen LogP contribution is -2.54. The molecular weight excluding hydrogens is 316 g/mol. The minimum atomic E-state index is -0.295. The van der Waals surface area contributed by atoms with Crippen LogP contribution in [0.4, 0.5) is 5.69 Å². The van der Waals surface area contributed by atoms with Crippen LogP contribution in [0.5, 0.6) is 0 Å². The number of ketones is 1. The first-order chi connectivity index (χ1) is 11.2. The molecular formula is C16H13ClN4O2. The molecule has 1 aliphatic heterocycles. The Morgan fingerprint density at radius 3 is 2.48 bits per heavy atom. The van der Waals surface area contributed by atoms with Crippen LogP contribution in [0.3, 0.4) is 0 Å². The molecule has 0 saturated heterocycles. The molecule has 0 atom stereocenters. The number of hydrogen-bond donors (Lipinski definition) is 1. The lowest BCUT2D eigenvalue weighted by Gasteiger charge is -2.32. The van der Waals surface area contributed by atoms with E-state index in [4.69, 9.17) is 11.6 Å². The van der Waals surface area contributed by atoms with Gasteiger partial charge in [0.2, 0.25) is 18.0 Å². The number of amidine groups is 1. The number of hydrazine groups is 1. The Kier molecular flexibility index (Phi) is 4.25. The van der Waals surface area contributed by atoms with Crippen molar-refractivity contribution in [2.75, 3.05) is 11.7 Å². The molecule has 6 nitrogen and oxygen atoms in total. The van der Waals surface area contributed by atoms with Crippen LogP contribution >= 0.6 is 11.6 Å². The molecule has 3 rings (SSSR count). The number of carbonyl (C=O) groups is 2. The molecule has 0 aromatic heterocycles. The van der Waals surface area contributed by atoms with E-state index in [1.165, 1.54) is 5.01 Å². The molecule has 23 heavy (non-hydrogen) atoms. The molecule has 0 radical (unpaired) electrons. The van der Waals surface area contributed by atoms with E-state index < -0.39 is 0 Å². The van der Waals surface area contributed by atoms with Crippen LogP contribution in [-0.4, -0.2) is 29.7 Å². The fourth-order valence-electron chi connectivity index (χ4n) is 2.13. The molecule has 0 aliphatic carbocycles. The first kappa shape index (κ1) is 15.1. The van der Waals surface area contributed by atoms with Gasteiger partial charge in [0, 0.05) is 10.6 Å². The normalized spacial score (nSPS) is 14.0. The molecule has 116 valence electrons. The van der Waals surface area contributed by atoms with Gasteiger partial charge in [-0.1, -0.05) is 41.9 Å². The van der Waals surface area contributed by atoms with Gasteiger partial charge < -0.3 is 0 Å². The summed E-state index contributed by atoms with van der Waals surface area (Å²) in [6, 6.07) is 15.7. The summed E-state index contributed by atoms with van der Waals surface area (Å²) >= 11 is 5.88. The summed E-state index contributed by atoms with van der Waals surface area (Å²) < 4.78 is 0. The minimum Gasteiger partial charge on any atom is -0.285 e. The van der Waals surface area contributed by atoms with Crippen molar-refractivity contribution in [3.8, 4) is 0 Å². The van der Waals surface area contributed by atoms with Crippen LogP contribution in [0.1, 0.15) is 10.4 Å². The van der Waals surface area contributed by atoms with Gasteiger partial charge in [-0.05, 0) is 24.3 Å². The van der Waals surface area contributed by atoms with Crippen LogP contribution in [-0.2, 0) is 4.79 Å². The molecule has 1 aliphatic rings. The van der Waals surface area contributed by atoms with Gasteiger partial charge in [0.25, 0.3) is 0 Å². The molecule has 7 heteroatoms. The largest absolute Gasteiger partial charge is 0.285 e. The Balaban J connectivity index is 1.93. The van der Waals surface area contributed by atoms with Crippen molar-refractivity contribution in [1.29, 1.82) is 0 Å². The first-order valence-corrected chi connectivity index (χ1v) is 7.25. The molecule has 0 unspecified atom stereocenters. The van der Waals surface area contributed by atoms with Crippen molar-refractivity contribution in [3.05, 3.63) is 65.2 Å². The van der Waals surface area contributed by atoms with Gasteiger partial charge in [-0.15, -0.1) is 5.10 Å². The van der Waals surface area contributed by atoms with E-state index in [1.54, 1.807) is 53.5 Å². The van der Waals surface area contributed by atoms with Gasteiger partial charge in [-0.25, -0.2) is 10.0 Å². The average Bonchev–Trinajstić information content (AvgIpc) is 2.62. The van der Waals surface area contributed by atoms with Crippen LogP contribution in [0.25, 0.3) is 0 Å². The number of rotatable bonds is 4. The van der Waals surface area contributed by atoms with Gasteiger partial charge in [0.05, 0.1) is 5.69 Å². The van der Waals surface area contributed by atoms with Crippen LogP contribution < -0.4 is 10.4 Å². The second-order valence-corrected chi connectivity index (χ2v) is 5.28. The molecule has 0 bridgehead atoms. The number of Topliss-reactive ketones (excluding diaryl/α,β-unsaturated/α-hetero) is 1. The Bertz CT molecular complexity index is 746. The van der Waals surface area contributed by atoms with E-state index in [0.717, 1.165) is 5.69 Å². The predicted octanol–water partition coefficient (Wildman–Crippen LogP) is 2.28.